The third-order valence-electron chi connectivity index (χ3n) is 7.20. The molecule has 0 aliphatic carbocycles. The van der Waals surface area contributed by atoms with Gasteiger partial charge in [0.05, 0.1) is 20.8 Å². The molecule has 7 heteroatoms. The van der Waals surface area contributed by atoms with Gasteiger partial charge in [0, 0.05) is 24.8 Å². The zero-order valence-corrected chi connectivity index (χ0v) is 24.6. The van der Waals surface area contributed by atoms with Crippen molar-refractivity contribution in [1.82, 2.24) is 5.32 Å². The summed E-state index contributed by atoms with van der Waals surface area (Å²) in [6, 6.07) is 32.1. The summed E-state index contributed by atoms with van der Waals surface area (Å²) in [7, 11) is 3.26. The van der Waals surface area contributed by atoms with Gasteiger partial charge in [0.15, 0.2) is 0 Å². The van der Waals surface area contributed by atoms with Crippen LogP contribution in [0.4, 0.5) is 4.79 Å². The van der Waals surface area contributed by atoms with Crippen LogP contribution in [0.25, 0.3) is 21.5 Å². The van der Waals surface area contributed by atoms with E-state index in [-0.39, 0.29) is 6.61 Å². The number of alkyl carbamates (subject to hydrolysis) is 1. The van der Waals surface area contributed by atoms with Crippen LogP contribution in [-0.2, 0) is 29.3 Å². The van der Waals surface area contributed by atoms with E-state index in [0.717, 1.165) is 68.3 Å². The first kappa shape index (κ1) is 29.7. The molecule has 43 heavy (non-hydrogen) atoms. The van der Waals surface area contributed by atoms with Gasteiger partial charge >= 0.3 is 6.09 Å². The number of ether oxygens (including phenoxy) is 5. The highest BCUT2D eigenvalue weighted by atomic mass is 16.5. The van der Waals surface area contributed by atoms with Gasteiger partial charge in [-0.25, -0.2) is 4.79 Å². The molecule has 0 spiro atoms. The monoisotopic (exact) mass is 579 g/mol. The quantitative estimate of drug-likeness (QED) is 0.107. The first-order valence-electron chi connectivity index (χ1n) is 14.4. The summed E-state index contributed by atoms with van der Waals surface area (Å²) in [5.41, 5.74) is 3.01. The number of unbranched alkanes of at least 4 members (excludes halogenated alkanes) is 1. The van der Waals surface area contributed by atoms with Crippen LogP contribution in [0, 0.1) is 0 Å². The number of rotatable bonds is 14. The Kier molecular flexibility index (Phi) is 10.3. The Bertz CT molecular complexity index is 1590. The fourth-order valence-electron chi connectivity index (χ4n) is 5.00. The van der Waals surface area contributed by atoms with Crippen LogP contribution < -0.4 is 19.5 Å². The van der Waals surface area contributed by atoms with Crippen molar-refractivity contribution in [2.75, 3.05) is 27.4 Å². The maximum Gasteiger partial charge on any atom is 0.407 e. The van der Waals surface area contributed by atoms with Gasteiger partial charge in [0.25, 0.3) is 0 Å². The first-order valence-corrected chi connectivity index (χ1v) is 14.4. The molecule has 5 rings (SSSR count). The molecule has 0 aromatic heterocycles. The largest absolute Gasteiger partial charge is 0.497 e. The molecule has 0 aliphatic heterocycles. The van der Waals surface area contributed by atoms with Crippen LogP contribution in [0.5, 0.6) is 17.2 Å². The minimum absolute atomic E-state index is 0.216. The van der Waals surface area contributed by atoms with E-state index in [1.165, 1.54) is 0 Å². The van der Waals surface area contributed by atoms with Crippen molar-refractivity contribution in [3.8, 4) is 17.2 Å². The highest BCUT2D eigenvalue weighted by Gasteiger charge is 2.10. The first-order chi connectivity index (χ1) is 21.1. The number of carbonyl (C=O) groups excluding carboxylic acids is 1. The molecule has 0 fully saturated rings. The number of hydrogen-bond acceptors (Lipinski definition) is 6. The molecule has 0 unspecified atom stereocenters. The van der Waals surface area contributed by atoms with Crippen molar-refractivity contribution < 1.29 is 28.5 Å². The Morgan fingerprint density at radius 1 is 0.651 bits per heavy atom. The van der Waals surface area contributed by atoms with Gasteiger partial charge in [0.2, 0.25) is 0 Å². The molecule has 5 aromatic rings. The average molecular weight is 580 g/mol. The second-order valence-electron chi connectivity index (χ2n) is 10.2. The summed E-state index contributed by atoms with van der Waals surface area (Å²) in [4.78, 5) is 12.4. The Balaban J connectivity index is 1.00. The van der Waals surface area contributed by atoms with Crippen molar-refractivity contribution in [3.63, 3.8) is 0 Å². The number of carbonyl (C=O) groups is 1. The lowest BCUT2D eigenvalue weighted by Gasteiger charge is -2.13. The number of hydrogen-bond donors (Lipinski definition) is 1. The standard InChI is InChI=1S/C36H37NO6/c1-39-31-19-27(20-32(22-31)40-2)24-42-30-13-9-10-26(18-30)23-41-17-8-7-16-37-36(38)43-25-35-33-14-5-3-11-28(33)21-29-12-4-6-15-34(29)35/h3-6,9-15,18-22H,7-8,16-17,23-25H2,1-2H3,(H,37,38). The van der Waals surface area contributed by atoms with Gasteiger partial charge < -0.3 is 29.0 Å². The topological polar surface area (TPSA) is 75.2 Å². The molecular weight excluding hydrogens is 542 g/mol. The van der Waals surface area contributed by atoms with E-state index in [0.29, 0.717) is 26.4 Å². The van der Waals surface area contributed by atoms with Crippen molar-refractivity contribution in [2.24, 2.45) is 0 Å². The van der Waals surface area contributed by atoms with Crippen LogP contribution >= 0.6 is 0 Å². The average Bonchev–Trinajstić information content (AvgIpc) is 3.05. The Morgan fingerprint density at radius 2 is 1.33 bits per heavy atom. The third-order valence-corrected chi connectivity index (χ3v) is 7.20. The maximum atomic E-state index is 12.4. The smallest absolute Gasteiger partial charge is 0.407 e. The number of benzene rings is 5. The van der Waals surface area contributed by atoms with Crippen LogP contribution in [0.2, 0.25) is 0 Å². The van der Waals surface area contributed by atoms with E-state index in [9.17, 15) is 4.79 Å². The van der Waals surface area contributed by atoms with Crippen LogP contribution in [0.15, 0.2) is 97.1 Å². The molecule has 0 aliphatic rings. The minimum Gasteiger partial charge on any atom is -0.497 e. The summed E-state index contributed by atoms with van der Waals surface area (Å²) in [6.45, 7) is 2.21. The van der Waals surface area contributed by atoms with Gasteiger partial charge in [-0.3, -0.25) is 0 Å². The van der Waals surface area contributed by atoms with E-state index in [1.54, 1.807) is 14.2 Å². The van der Waals surface area contributed by atoms with Crippen molar-refractivity contribution in [2.45, 2.75) is 32.7 Å². The normalized spacial score (nSPS) is 10.9. The summed E-state index contributed by atoms with van der Waals surface area (Å²) >= 11 is 0. The van der Waals surface area contributed by atoms with Gasteiger partial charge in [-0.15, -0.1) is 0 Å². The highest BCUT2D eigenvalue weighted by Crippen LogP contribution is 2.29. The molecule has 0 saturated carbocycles. The van der Waals surface area contributed by atoms with Gasteiger partial charge in [-0.05, 0) is 75.8 Å². The van der Waals surface area contributed by atoms with E-state index in [4.69, 9.17) is 23.7 Å². The number of fused-ring (bicyclic) bond motifs is 2. The van der Waals surface area contributed by atoms with Gasteiger partial charge in [0.1, 0.15) is 30.5 Å². The zero-order valence-electron chi connectivity index (χ0n) is 24.6. The molecule has 0 heterocycles. The lowest BCUT2D eigenvalue weighted by atomic mass is 9.97. The third kappa shape index (κ3) is 8.17. The fourth-order valence-corrected chi connectivity index (χ4v) is 5.00. The Hall–Kier alpha value is -4.75. The van der Waals surface area contributed by atoms with Crippen molar-refractivity contribution >= 4 is 27.6 Å². The van der Waals surface area contributed by atoms with Crippen molar-refractivity contribution in [3.05, 3.63) is 114 Å². The predicted molar refractivity (Wildman–Crippen MR) is 169 cm³/mol. The maximum absolute atomic E-state index is 12.4. The molecule has 0 bridgehead atoms. The lowest BCUT2D eigenvalue weighted by Crippen LogP contribution is -2.25. The summed E-state index contributed by atoms with van der Waals surface area (Å²) in [5.74, 6) is 2.21. The van der Waals surface area contributed by atoms with Crippen LogP contribution in [0.3, 0.4) is 0 Å². The number of methoxy groups -OCH3 is 2. The molecule has 1 N–H and O–H groups in total. The second-order valence-corrected chi connectivity index (χ2v) is 10.2. The van der Waals surface area contributed by atoms with Gasteiger partial charge in [-0.2, -0.15) is 0 Å². The van der Waals surface area contributed by atoms with Crippen LogP contribution in [0.1, 0.15) is 29.5 Å². The number of amides is 1. The van der Waals surface area contributed by atoms with Gasteiger partial charge in [-0.1, -0.05) is 60.7 Å². The van der Waals surface area contributed by atoms with Crippen molar-refractivity contribution in [1.29, 1.82) is 0 Å². The summed E-state index contributed by atoms with van der Waals surface area (Å²) < 4.78 is 28.1. The van der Waals surface area contributed by atoms with E-state index >= 15 is 0 Å². The Labute approximate surface area is 252 Å². The molecular formula is C36H37NO6. The van der Waals surface area contributed by atoms with E-state index in [1.807, 2.05) is 66.7 Å². The molecule has 222 valence electrons. The summed E-state index contributed by atoms with van der Waals surface area (Å²) in [5, 5.41) is 7.32. The van der Waals surface area contributed by atoms with E-state index < -0.39 is 6.09 Å². The SMILES string of the molecule is COc1cc(COc2cccc(COCCCCNC(=O)OCc3c4ccccc4cc4ccccc34)c2)cc(OC)c1. The zero-order chi connectivity index (χ0) is 29.9. The van der Waals surface area contributed by atoms with E-state index in [2.05, 4.69) is 35.6 Å². The number of nitrogens with one attached hydrogen (secondary N) is 1. The predicted octanol–water partition coefficient (Wildman–Crippen LogP) is 7.81. The van der Waals surface area contributed by atoms with Crippen LogP contribution in [-0.4, -0.2) is 33.5 Å². The Morgan fingerprint density at radius 3 is 2.02 bits per heavy atom. The molecule has 7 nitrogen and oxygen atoms in total. The summed E-state index contributed by atoms with van der Waals surface area (Å²) in [6.07, 6.45) is 1.20. The molecule has 0 saturated heterocycles. The molecule has 5 aromatic carbocycles. The molecule has 0 radical (unpaired) electrons. The minimum atomic E-state index is -0.415. The second kappa shape index (κ2) is 14.9. The lowest BCUT2D eigenvalue weighted by molar-refractivity contribution is 0.115. The fraction of sp³-hybridized carbons (Fsp3) is 0.250. The highest BCUT2D eigenvalue weighted by molar-refractivity contribution is 6.02. The molecule has 1 amide bonds. The molecule has 0 atom stereocenters.